The van der Waals surface area contributed by atoms with Crippen molar-refractivity contribution in [2.45, 2.75) is 33.6 Å². The van der Waals surface area contributed by atoms with Crippen molar-refractivity contribution >= 4 is 11.1 Å². The van der Waals surface area contributed by atoms with Gasteiger partial charge in [0.2, 0.25) is 0 Å². The van der Waals surface area contributed by atoms with Crippen LogP contribution in [0.4, 0.5) is 0 Å². The van der Waals surface area contributed by atoms with E-state index in [1.54, 1.807) is 16.8 Å². The third kappa shape index (κ3) is 3.22. The molecule has 1 saturated heterocycles. The summed E-state index contributed by atoms with van der Waals surface area (Å²) in [6.07, 6.45) is 5.43. The molecule has 1 aliphatic heterocycles. The number of hydrogen-bond donors (Lipinski definition) is 2. The van der Waals surface area contributed by atoms with Crippen LogP contribution < -0.4 is 10.9 Å². The molecule has 2 unspecified atom stereocenters. The molecule has 0 radical (unpaired) electrons. The summed E-state index contributed by atoms with van der Waals surface area (Å²) in [5.41, 5.74) is 3.36. The van der Waals surface area contributed by atoms with E-state index in [0.29, 0.717) is 23.1 Å². The van der Waals surface area contributed by atoms with Gasteiger partial charge in [0, 0.05) is 18.0 Å². The van der Waals surface area contributed by atoms with Crippen LogP contribution >= 0.6 is 0 Å². The molecule has 0 saturated carbocycles. The molecule has 0 aliphatic carbocycles. The van der Waals surface area contributed by atoms with E-state index in [-0.39, 0.29) is 11.5 Å². The fourth-order valence-electron chi connectivity index (χ4n) is 3.19. The van der Waals surface area contributed by atoms with Crippen molar-refractivity contribution in [1.29, 1.82) is 0 Å². The molecular formula is C19H25N5O. The molecule has 0 aromatic carbocycles. The van der Waals surface area contributed by atoms with Gasteiger partial charge in [0.25, 0.3) is 5.56 Å². The highest BCUT2D eigenvalue weighted by molar-refractivity contribution is 5.76. The first-order valence-corrected chi connectivity index (χ1v) is 8.59. The summed E-state index contributed by atoms with van der Waals surface area (Å²) in [7, 11) is 0. The van der Waals surface area contributed by atoms with Crippen LogP contribution in [0.1, 0.15) is 45.3 Å². The number of H-pyrrole nitrogens is 1. The smallest absolute Gasteiger partial charge is 0.276 e. The minimum atomic E-state index is -0.157. The van der Waals surface area contributed by atoms with Gasteiger partial charge in [-0.3, -0.25) is 4.79 Å². The highest BCUT2D eigenvalue weighted by atomic mass is 16.1. The molecule has 3 heterocycles. The van der Waals surface area contributed by atoms with Gasteiger partial charge in [-0.05, 0) is 38.8 Å². The Labute approximate surface area is 147 Å². The van der Waals surface area contributed by atoms with E-state index in [1.165, 1.54) is 0 Å². The van der Waals surface area contributed by atoms with Gasteiger partial charge >= 0.3 is 0 Å². The van der Waals surface area contributed by atoms with Crippen LogP contribution in [0, 0.1) is 5.92 Å². The van der Waals surface area contributed by atoms with E-state index in [2.05, 4.69) is 28.8 Å². The SMILES string of the molecule is C=C/C(C)=C(\C=C(C)C)c1ncc2c(=O)[nH]c(C3CNCC3C)nn12. The van der Waals surface area contributed by atoms with Crippen molar-refractivity contribution in [2.24, 2.45) is 5.92 Å². The number of hydrogen-bond acceptors (Lipinski definition) is 4. The van der Waals surface area contributed by atoms with Gasteiger partial charge in [0.15, 0.2) is 11.3 Å². The Morgan fingerprint density at radius 2 is 2.12 bits per heavy atom. The molecule has 1 aliphatic rings. The van der Waals surface area contributed by atoms with E-state index >= 15 is 0 Å². The second kappa shape index (κ2) is 6.80. The molecule has 132 valence electrons. The molecule has 0 bridgehead atoms. The molecule has 1 fully saturated rings. The van der Waals surface area contributed by atoms with Crippen molar-refractivity contribution in [3.05, 3.63) is 58.1 Å². The second-order valence-corrected chi connectivity index (χ2v) is 6.98. The summed E-state index contributed by atoms with van der Waals surface area (Å²) in [4.78, 5) is 20.0. The Hall–Kier alpha value is -2.47. The van der Waals surface area contributed by atoms with Crippen LogP contribution in [0.3, 0.4) is 0 Å². The van der Waals surface area contributed by atoms with Crippen molar-refractivity contribution < 1.29 is 0 Å². The topological polar surface area (TPSA) is 75.1 Å². The average Bonchev–Trinajstić information content (AvgIpc) is 3.18. The van der Waals surface area contributed by atoms with Crippen LogP contribution in [0.25, 0.3) is 11.1 Å². The van der Waals surface area contributed by atoms with E-state index in [0.717, 1.165) is 29.8 Å². The zero-order valence-electron chi connectivity index (χ0n) is 15.3. The summed E-state index contributed by atoms with van der Waals surface area (Å²) in [5.74, 6) is 2.00. The summed E-state index contributed by atoms with van der Waals surface area (Å²) < 4.78 is 1.67. The van der Waals surface area contributed by atoms with Gasteiger partial charge in [0.05, 0.1) is 6.20 Å². The Morgan fingerprint density at radius 3 is 2.72 bits per heavy atom. The first-order chi connectivity index (χ1) is 11.9. The molecule has 2 aromatic heterocycles. The van der Waals surface area contributed by atoms with Crippen LogP contribution in [0.15, 0.2) is 40.9 Å². The van der Waals surface area contributed by atoms with Crippen molar-refractivity contribution in [3.8, 4) is 0 Å². The summed E-state index contributed by atoms with van der Waals surface area (Å²) in [6, 6.07) is 0. The van der Waals surface area contributed by atoms with Crippen molar-refractivity contribution in [2.75, 3.05) is 13.1 Å². The summed E-state index contributed by atoms with van der Waals surface area (Å²) >= 11 is 0. The third-order valence-corrected chi connectivity index (χ3v) is 4.69. The maximum atomic E-state index is 12.5. The molecule has 6 nitrogen and oxygen atoms in total. The predicted octanol–water partition coefficient (Wildman–Crippen LogP) is 2.67. The van der Waals surface area contributed by atoms with E-state index in [4.69, 9.17) is 5.10 Å². The van der Waals surface area contributed by atoms with E-state index in [9.17, 15) is 4.79 Å². The largest absolute Gasteiger partial charge is 0.316 e. The normalized spacial score (nSPS) is 21.3. The molecule has 2 atom stereocenters. The zero-order valence-corrected chi connectivity index (χ0v) is 15.3. The molecule has 6 heteroatoms. The first kappa shape index (κ1) is 17.4. The quantitative estimate of drug-likeness (QED) is 0.840. The average molecular weight is 339 g/mol. The van der Waals surface area contributed by atoms with E-state index in [1.807, 2.05) is 26.8 Å². The number of aromatic amines is 1. The van der Waals surface area contributed by atoms with E-state index < -0.39 is 0 Å². The van der Waals surface area contributed by atoms with Gasteiger partial charge in [-0.1, -0.05) is 31.2 Å². The maximum Gasteiger partial charge on any atom is 0.276 e. The lowest BCUT2D eigenvalue weighted by atomic mass is 9.97. The lowest BCUT2D eigenvalue weighted by Gasteiger charge is -2.13. The van der Waals surface area contributed by atoms with Gasteiger partial charge < -0.3 is 10.3 Å². The molecule has 2 aromatic rings. The van der Waals surface area contributed by atoms with Gasteiger partial charge in [-0.25, -0.2) is 9.50 Å². The lowest BCUT2D eigenvalue weighted by Crippen LogP contribution is -2.21. The lowest BCUT2D eigenvalue weighted by molar-refractivity contribution is 0.532. The van der Waals surface area contributed by atoms with Crippen molar-refractivity contribution in [3.63, 3.8) is 0 Å². The highest BCUT2D eigenvalue weighted by Gasteiger charge is 2.28. The van der Waals surface area contributed by atoms with Crippen LogP contribution in [0.2, 0.25) is 0 Å². The molecular weight excluding hydrogens is 314 g/mol. The fourth-order valence-corrected chi connectivity index (χ4v) is 3.19. The minimum absolute atomic E-state index is 0.157. The maximum absolute atomic E-state index is 12.5. The predicted molar refractivity (Wildman–Crippen MR) is 101 cm³/mol. The molecule has 3 rings (SSSR count). The number of aromatic nitrogens is 4. The summed E-state index contributed by atoms with van der Waals surface area (Å²) in [5, 5.41) is 8.09. The Bertz CT molecular complexity index is 927. The van der Waals surface area contributed by atoms with Gasteiger partial charge in [0.1, 0.15) is 5.82 Å². The monoisotopic (exact) mass is 339 g/mol. The number of nitrogens with zero attached hydrogens (tertiary/aromatic N) is 3. The number of rotatable bonds is 4. The fraction of sp³-hybridized carbons (Fsp3) is 0.421. The van der Waals surface area contributed by atoms with Crippen LogP contribution in [-0.2, 0) is 0 Å². The minimum Gasteiger partial charge on any atom is -0.316 e. The molecule has 25 heavy (non-hydrogen) atoms. The third-order valence-electron chi connectivity index (χ3n) is 4.69. The van der Waals surface area contributed by atoms with Gasteiger partial charge in [-0.2, -0.15) is 5.10 Å². The molecule has 2 N–H and O–H groups in total. The number of allylic oxidation sites excluding steroid dienone is 5. The van der Waals surface area contributed by atoms with Gasteiger partial charge in [-0.15, -0.1) is 0 Å². The molecule has 0 spiro atoms. The molecule has 0 amide bonds. The van der Waals surface area contributed by atoms with Crippen LogP contribution in [0.5, 0.6) is 0 Å². The first-order valence-electron chi connectivity index (χ1n) is 8.59. The Kier molecular flexibility index (Phi) is 4.72. The summed E-state index contributed by atoms with van der Waals surface area (Å²) in [6.45, 7) is 13.8. The van der Waals surface area contributed by atoms with Crippen LogP contribution in [-0.4, -0.2) is 32.7 Å². The number of nitrogens with one attached hydrogen (secondary N) is 2. The Morgan fingerprint density at radius 1 is 1.36 bits per heavy atom. The second-order valence-electron chi connectivity index (χ2n) is 6.98. The number of imidazole rings is 1. The van der Waals surface area contributed by atoms with Crippen molar-refractivity contribution in [1.82, 2.24) is 24.9 Å². The Balaban J connectivity index is 2.23. The number of fused-ring (bicyclic) bond motifs is 1. The standard InChI is InChI=1S/C19H25N5O/c1-6-12(4)14(7-11(2)3)18-21-10-16-19(25)22-17(23-24(16)18)15-9-20-8-13(15)5/h6-7,10,13,15,20H,1,8-9H2,2-5H3,(H,22,23,25)/b14-12+. The highest BCUT2D eigenvalue weighted by Crippen LogP contribution is 2.25. The zero-order chi connectivity index (χ0) is 18.1.